The van der Waals surface area contributed by atoms with Crippen molar-refractivity contribution in [3.05, 3.63) is 42.1 Å². The van der Waals surface area contributed by atoms with Gasteiger partial charge >= 0.3 is 0 Å². The third kappa shape index (κ3) is 3.34. The van der Waals surface area contributed by atoms with Gasteiger partial charge in [-0.2, -0.15) is 0 Å². The molecule has 0 bridgehead atoms. The lowest BCUT2D eigenvalue weighted by Gasteiger charge is -2.13. The molecule has 0 aliphatic heterocycles. The normalized spacial score (nSPS) is 10.2. The van der Waals surface area contributed by atoms with Crippen LogP contribution in [0.5, 0.6) is 0 Å². The van der Waals surface area contributed by atoms with Crippen molar-refractivity contribution in [3.8, 4) is 0 Å². The summed E-state index contributed by atoms with van der Waals surface area (Å²) >= 11 is 0. The number of nitrogens with zero attached hydrogens (tertiary/aromatic N) is 1. The van der Waals surface area contributed by atoms with Crippen LogP contribution in [0.1, 0.15) is 24.7 Å². The van der Waals surface area contributed by atoms with E-state index in [4.69, 9.17) is 4.42 Å². The molecule has 1 heterocycles. The van der Waals surface area contributed by atoms with E-state index in [1.807, 2.05) is 32.0 Å². The van der Waals surface area contributed by atoms with Crippen molar-refractivity contribution in [1.82, 2.24) is 4.98 Å². The van der Waals surface area contributed by atoms with E-state index >= 15 is 0 Å². The number of benzene rings is 1. The Hall–Kier alpha value is -2.30. The molecule has 1 aromatic carbocycles. The fourth-order valence-electron chi connectivity index (χ4n) is 1.71. The highest BCUT2D eigenvalue weighted by Gasteiger charge is 2.06. The smallest absolute Gasteiger partial charge is 0.224 e. The van der Waals surface area contributed by atoms with Crippen molar-refractivity contribution in [3.63, 3.8) is 0 Å². The van der Waals surface area contributed by atoms with Gasteiger partial charge in [0.05, 0.1) is 12.7 Å². The van der Waals surface area contributed by atoms with Gasteiger partial charge in [-0.15, -0.1) is 0 Å². The van der Waals surface area contributed by atoms with E-state index in [9.17, 15) is 4.79 Å². The third-order valence-corrected chi connectivity index (χ3v) is 2.87. The highest BCUT2D eigenvalue weighted by molar-refractivity contribution is 5.92. The predicted octanol–water partition coefficient (Wildman–Crippen LogP) is 2.94. The lowest BCUT2D eigenvalue weighted by molar-refractivity contribution is -0.115. The molecule has 0 saturated heterocycles. The van der Waals surface area contributed by atoms with Crippen LogP contribution in [0.3, 0.4) is 0 Å². The van der Waals surface area contributed by atoms with Gasteiger partial charge in [-0.25, -0.2) is 4.98 Å². The standard InChI is InChI=1S/C14H17N3O2/c1-3-14(18)17-13-6-4-5-12(10(13)2)16-8-11-7-15-9-19-11/h4-7,9,16H,3,8H2,1-2H3,(H,17,18). The van der Waals surface area contributed by atoms with Crippen LogP contribution in [-0.4, -0.2) is 10.9 Å². The summed E-state index contributed by atoms with van der Waals surface area (Å²) < 4.78 is 5.16. The summed E-state index contributed by atoms with van der Waals surface area (Å²) in [7, 11) is 0. The molecule has 0 spiro atoms. The zero-order chi connectivity index (χ0) is 13.7. The van der Waals surface area contributed by atoms with Crippen molar-refractivity contribution >= 4 is 17.3 Å². The van der Waals surface area contributed by atoms with Crippen molar-refractivity contribution in [2.24, 2.45) is 0 Å². The number of anilines is 2. The van der Waals surface area contributed by atoms with Crippen molar-refractivity contribution in [2.75, 3.05) is 10.6 Å². The van der Waals surface area contributed by atoms with Gasteiger partial charge in [-0.05, 0) is 24.6 Å². The van der Waals surface area contributed by atoms with Gasteiger partial charge in [-0.1, -0.05) is 13.0 Å². The first-order chi connectivity index (χ1) is 9.20. The van der Waals surface area contributed by atoms with E-state index in [0.717, 1.165) is 22.7 Å². The molecule has 19 heavy (non-hydrogen) atoms. The maximum Gasteiger partial charge on any atom is 0.224 e. The van der Waals surface area contributed by atoms with Gasteiger partial charge in [0, 0.05) is 17.8 Å². The Balaban J connectivity index is 2.08. The van der Waals surface area contributed by atoms with Gasteiger partial charge in [0.1, 0.15) is 5.76 Å². The summed E-state index contributed by atoms with van der Waals surface area (Å²) in [5.74, 6) is 0.776. The van der Waals surface area contributed by atoms with E-state index in [1.54, 1.807) is 6.20 Å². The van der Waals surface area contributed by atoms with Crippen molar-refractivity contribution in [1.29, 1.82) is 0 Å². The largest absolute Gasteiger partial charge is 0.447 e. The lowest BCUT2D eigenvalue weighted by Crippen LogP contribution is -2.11. The number of aromatic nitrogens is 1. The molecule has 5 nitrogen and oxygen atoms in total. The number of hydrogen-bond donors (Lipinski definition) is 2. The molecule has 2 aromatic rings. The van der Waals surface area contributed by atoms with Gasteiger partial charge in [0.25, 0.3) is 0 Å². The topological polar surface area (TPSA) is 67.2 Å². The Morgan fingerprint density at radius 1 is 1.37 bits per heavy atom. The average molecular weight is 259 g/mol. The molecule has 5 heteroatoms. The van der Waals surface area contributed by atoms with Crippen LogP contribution >= 0.6 is 0 Å². The second-order valence-electron chi connectivity index (χ2n) is 4.20. The molecule has 2 N–H and O–H groups in total. The highest BCUT2D eigenvalue weighted by atomic mass is 16.3. The zero-order valence-electron chi connectivity index (χ0n) is 11.1. The minimum Gasteiger partial charge on any atom is -0.447 e. The molecule has 2 rings (SSSR count). The van der Waals surface area contributed by atoms with Crippen LogP contribution in [0.2, 0.25) is 0 Å². The number of oxazole rings is 1. The molecule has 1 aromatic heterocycles. The van der Waals surface area contributed by atoms with Crippen LogP contribution < -0.4 is 10.6 Å². The number of carbonyl (C=O) groups excluding carboxylic acids is 1. The maximum atomic E-state index is 11.4. The lowest BCUT2D eigenvalue weighted by atomic mass is 10.1. The number of rotatable bonds is 5. The minimum absolute atomic E-state index is 0.00971. The SMILES string of the molecule is CCC(=O)Nc1cccc(NCc2cnco2)c1C. The maximum absolute atomic E-state index is 11.4. The summed E-state index contributed by atoms with van der Waals surface area (Å²) in [5, 5.41) is 6.14. The summed E-state index contributed by atoms with van der Waals surface area (Å²) in [6.07, 6.45) is 3.54. The molecule has 0 atom stereocenters. The first-order valence-electron chi connectivity index (χ1n) is 6.21. The zero-order valence-corrected chi connectivity index (χ0v) is 11.1. The Morgan fingerprint density at radius 2 is 2.16 bits per heavy atom. The summed E-state index contributed by atoms with van der Waals surface area (Å²) in [4.78, 5) is 15.3. The van der Waals surface area contributed by atoms with Crippen LogP contribution in [0, 0.1) is 6.92 Å². The van der Waals surface area contributed by atoms with Gasteiger partial charge < -0.3 is 15.1 Å². The first kappa shape index (κ1) is 13.1. The molecule has 0 fully saturated rings. The number of hydrogen-bond acceptors (Lipinski definition) is 4. The molecule has 0 aliphatic rings. The number of carbonyl (C=O) groups is 1. The van der Waals surface area contributed by atoms with Crippen LogP contribution in [-0.2, 0) is 11.3 Å². The summed E-state index contributed by atoms with van der Waals surface area (Å²) in [6.45, 7) is 4.36. The van der Waals surface area contributed by atoms with Crippen molar-refractivity contribution in [2.45, 2.75) is 26.8 Å². The van der Waals surface area contributed by atoms with Gasteiger partial charge in [0.2, 0.25) is 5.91 Å². The molecule has 0 unspecified atom stereocenters. The predicted molar refractivity (Wildman–Crippen MR) is 73.9 cm³/mol. The molecule has 0 radical (unpaired) electrons. The van der Waals surface area contributed by atoms with E-state index in [1.165, 1.54) is 6.39 Å². The van der Waals surface area contributed by atoms with Crippen molar-refractivity contribution < 1.29 is 9.21 Å². The van der Waals surface area contributed by atoms with E-state index in [0.29, 0.717) is 13.0 Å². The first-order valence-corrected chi connectivity index (χ1v) is 6.21. The summed E-state index contributed by atoms with van der Waals surface area (Å²) in [5.41, 5.74) is 2.79. The summed E-state index contributed by atoms with van der Waals surface area (Å²) in [6, 6.07) is 5.76. The molecule has 1 amide bonds. The molecule has 0 aliphatic carbocycles. The fourth-order valence-corrected chi connectivity index (χ4v) is 1.71. The third-order valence-electron chi connectivity index (χ3n) is 2.87. The van der Waals surface area contributed by atoms with E-state index < -0.39 is 0 Å². The van der Waals surface area contributed by atoms with Crippen LogP contribution in [0.25, 0.3) is 0 Å². The number of nitrogens with one attached hydrogen (secondary N) is 2. The average Bonchev–Trinajstić information content (AvgIpc) is 2.93. The second-order valence-corrected chi connectivity index (χ2v) is 4.20. The number of amides is 1. The van der Waals surface area contributed by atoms with E-state index in [2.05, 4.69) is 15.6 Å². The Morgan fingerprint density at radius 3 is 2.84 bits per heavy atom. The Bertz CT molecular complexity index is 550. The molecular weight excluding hydrogens is 242 g/mol. The van der Waals surface area contributed by atoms with Gasteiger partial charge in [0.15, 0.2) is 6.39 Å². The molecular formula is C14H17N3O2. The van der Waals surface area contributed by atoms with E-state index in [-0.39, 0.29) is 5.91 Å². The Labute approximate surface area is 112 Å². The second kappa shape index (κ2) is 6.04. The van der Waals surface area contributed by atoms with Crippen LogP contribution in [0.15, 0.2) is 35.2 Å². The Kier molecular flexibility index (Phi) is 4.18. The van der Waals surface area contributed by atoms with Crippen LogP contribution in [0.4, 0.5) is 11.4 Å². The quantitative estimate of drug-likeness (QED) is 0.866. The monoisotopic (exact) mass is 259 g/mol. The highest BCUT2D eigenvalue weighted by Crippen LogP contribution is 2.23. The molecule has 0 saturated carbocycles. The molecule has 100 valence electrons. The minimum atomic E-state index is 0.00971. The van der Waals surface area contributed by atoms with Gasteiger partial charge in [-0.3, -0.25) is 4.79 Å². The fraction of sp³-hybridized carbons (Fsp3) is 0.286.